The van der Waals surface area contributed by atoms with Gasteiger partial charge in [-0.3, -0.25) is 19.1 Å². The van der Waals surface area contributed by atoms with Gasteiger partial charge in [0.1, 0.15) is 0 Å². The molecule has 2 aliphatic rings. The van der Waals surface area contributed by atoms with Crippen LogP contribution in [0.5, 0.6) is 0 Å². The number of carbonyl (C=O) groups is 3. The van der Waals surface area contributed by atoms with Crippen molar-refractivity contribution in [2.75, 3.05) is 23.1 Å². The van der Waals surface area contributed by atoms with Gasteiger partial charge in [0.05, 0.1) is 10.6 Å². The number of nitrogens with one attached hydrogen (secondary N) is 2. The maximum absolute atomic E-state index is 12.8. The number of anilines is 2. The van der Waals surface area contributed by atoms with Gasteiger partial charge in [-0.25, -0.2) is 8.42 Å². The number of thioether (sulfide) groups is 1. The average molecular weight is 460 g/mol. The lowest BCUT2D eigenvalue weighted by atomic mass is 10.1. The highest BCUT2D eigenvalue weighted by molar-refractivity contribution is 8.01. The van der Waals surface area contributed by atoms with Gasteiger partial charge < -0.3 is 10.2 Å². The third-order valence-electron chi connectivity index (χ3n) is 5.17. The molecule has 162 valence electrons. The van der Waals surface area contributed by atoms with Gasteiger partial charge in [0.15, 0.2) is 11.0 Å². The summed E-state index contributed by atoms with van der Waals surface area (Å²) < 4.78 is 28.1. The van der Waals surface area contributed by atoms with Gasteiger partial charge in [0, 0.05) is 29.2 Å². The largest absolute Gasteiger partial charge is 0.341 e. The van der Waals surface area contributed by atoms with Crippen LogP contribution in [0.3, 0.4) is 0 Å². The van der Waals surface area contributed by atoms with E-state index in [-0.39, 0.29) is 22.3 Å². The first kappa shape index (κ1) is 21.4. The van der Waals surface area contributed by atoms with Crippen LogP contribution in [0.4, 0.5) is 11.4 Å². The van der Waals surface area contributed by atoms with Crippen molar-refractivity contribution in [3.63, 3.8) is 0 Å². The molecule has 1 fully saturated rings. The highest BCUT2D eigenvalue weighted by atomic mass is 32.2. The van der Waals surface area contributed by atoms with Crippen molar-refractivity contribution in [3.05, 3.63) is 48.0 Å². The van der Waals surface area contributed by atoms with Crippen LogP contribution in [-0.2, 0) is 19.6 Å². The minimum atomic E-state index is -3.95. The number of sulfonamides is 1. The summed E-state index contributed by atoms with van der Waals surface area (Å²) in [6.45, 7) is 2.71. The fourth-order valence-corrected chi connectivity index (χ4v) is 5.67. The number of amides is 2. The first-order chi connectivity index (χ1) is 14.7. The first-order valence-electron chi connectivity index (χ1n) is 9.79. The maximum atomic E-state index is 12.8. The van der Waals surface area contributed by atoms with Crippen LogP contribution in [0, 0.1) is 0 Å². The summed E-state index contributed by atoms with van der Waals surface area (Å²) >= 11 is 1.13. The molecule has 31 heavy (non-hydrogen) atoms. The number of likely N-dealkylation sites (tertiary alicyclic amines) is 1. The molecule has 8 nitrogen and oxygen atoms in total. The number of ketones is 1. The van der Waals surface area contributed by atoms with E-state index < -0.39 is 21.2 Å². The molecule has 0 bridgehead atoms. The summed E-state index contributed by atoms with van der Waals surface area (Å²) in [5.74, 6) is -0.840. The van der Waals surface area contributed by atoms with Crippen molar-refractivity contribution in [2.24, 2.45) is 0 Å². The van der Waals surface area contributed by atoms with Crippen molar-refractivity contribution in [1.82, 2.24) is 4.90 Å². The predicted molar refractivity (Wildman–Crippen MR) is 118 cm³/mol. The summed E-state index contributed by atoms with van der Waals surface area (Å²) in [6.07, 6.45) is 1.87. The molecule has 2 N–H and O–H groups in total. The molecule has 0 aliphatic carbocycles. The van der Waals surface area contributed by atoms with E-state index in [4.69, 9.17) is 0 Å². The van der Waals surface area contributed by atoms with Gasteiger partial charge in [0.2, 0.25) is 11.8 Å². The average Bonchev–Trinajstić information content (AvgIpc) is 3.27. The Bertz CT molecular complexity index is 1170. The number of Topliss-reactive ketones (excluding diaryl/α,β-unsaturated/α-hetero) is 1. The fourth-order valence-electron chi connectivity index (χ4n) is 3.54. The molecule has 0 aromatic heterocycles. The second-order valence-electron chi connectivity index (χ2n) is 7.42. The zero-order chi connectivity index (χ0) is 22.2. The Balaban J connectivity index is 1.55. The van der Waals surface area contributed by atoms with E-state index in [2.05, 4.69) is 10.0 Å². The van der Waals surface area contributed by atoms with Gasteiger partial charge in [-0.2, -0.15) is 0 Å². The lowest BCUT2D eigenvalue weighted by Gasteiger charge is -2.27. The molecule has 0 radical (unpaired) electrons. The predicted octanol–water partition coefficient (Wildman–Crippen LogP) is 2.73. The molecule has 2 aromatic carbocycles. The molecule has 4 rings (SSSR count). The Kier molecular flexibility index (Phi) is 5.76. The number of hydrogen-bond donors (Lipinski definition) is 2. The third kappa shape index (κ3) is 4.45. The number of rotatable bonds is 5. The van der Waals surface area contributed by atoms with Crippen molar-refractivity contribution in [2.45, 2.75) is 34.8 Å². The van der Waals surface area contributed by atoms with Crippen LogP contribution in [0.2, 0.25) is 0 Å². The molecule has 1 saturated heterocycles. The molecular formula is C21H21N3O5S2. The standard InChI is InChI=1S/C21H21N3O5S2/c1-13(25)14-5-4-6-15(11-14)23-31(28,29)16-7-8-18-17(12-16)22-20(26)19(30-18)21(27)24-9-2-3-10-24/h4-8,11-12,19,23H,2-3,9-10H2,1H3,(H,22,26). The SMILES string of the molecule is CC(=O)c1cccc(NS(=O)(=O)c2ccc3c(c2)NC(=O)C(C(=O)N2CCCC2)S3)c1. The number of nitrogens with zero attached hydrogens (tertiary/aromatic N) is 1. The van der Waals surface area contributed by atoms with Gasteiger partial charge in [0.25, 0.3) is 10.0 Å². The van der Waals surface area contributed by atoms with E-state index in [1.165, 1.54) is 25.1 Å². The van der Waals surface area contributed by atoms with E-state index in [0.29, 0.717) is 29.2 Å². The number of fused-ring (bicyclic) bond motifs is 1. The molecule has 0 saturated carbocycles. The normalized spacial score (nSPS) is 18.3. The smallest absolute Gasteiger partial charge is 0.261 e. The molecule has 2 heterocycles. The Morgan fingerprint density at radius 1 is 1.13 bits per heavy atom. The van der Waals surface area contributed by atoms with Crippen molar-refractivity contribution >= 4 is 50.8 Å². The monoisotopic (exact) mass is 459 g/mol. The molecule has 10 heteroatoms. The summed E-state index contributed by atoms with van der Waals surface area (Å²) in [7, 11) is -3.95. The van der Waals surface area contributed by atoms with E-state index in [1.807, 2.05) is 0 Å². The second-order valence-corrected chi connectivity index (χ2v) is 10.2. The number of carbonyl (C=O) groups excluding carboxylic acids is 3. The highest BCUT2D eigenvalue weighted by Crippen LogP contribution is 2.38. The van der Waals surface area contributed by atoms with Crippen LogP contribution < -0.4 is 10.0 Å². The van der Waals surface area contributed by atoms with Gasteiger partial charge in [-0.1, -0.05) is 12.1 Å². The Labute approximate surface area is 184 Å². The number of hydrogen-bond acceptors (Lipinski definition) is 6. The third-order valence-corrected chi connectivity index (χ3v) is 7.81. The van der Waals surface area contributed by atoms with Crippen molar-refractivity contribution in [3.8, 4) is 0 Å². The van der Waals surface area contributed by atoms with E-state index >= 15 is 0 Å². The molecule has 0 spiro atoms. The van der Waals surface area contributed by atoms with Gasteiger partial charge >= 0.3 is 0 Å². The van der Waals surface area contributed by atoms with Crippen LogP contribution in [0.1, 0.15) is 30.1 Å². The lowest BCUT2D eigenvalue weighted by Crippen LogP contribution is -2.43. The quantitative estimate of drug-likeness (QED) is 0.525. The van der Waals surface area contributed by atoms with Crippen LogP contribution >= 0.6 is 11.8 Å². The van der Waals surface area contributed by atoms with Crippen molar-refractivity contribution in [1.29, 1.82) is 0 Å². The van der Waals surface area contributed by atoms with E-state index in [9.17, 15) is 22.8 Å². The zero-order valence-corrected chi connectivity index (χ0v) is 18.4. The molecule has 2 aliphatic heterocycles. The Hall–Kier alpha value is -2.85. The lowest BCUT2D eigenvalue weighted by molar-refractivity contribution is -0.133. The van der Waals surface area contributed by atoms with Crippen LogP contribution in [0.25, 0.3) is 0 Å². The molecule has 1 atom stereocenters. The first-order valence-corrected chi connectivity index (χ1v) is 12.1. The second kappa shape index (κ2) is 8.35. The Morgan fingerprint density at radius 2 is 1.87 bits per heavy atom. The summed E-state index contributed by atoms with van der Waals surface area (Å²) in [4.78, 5) is 39.0. The minimum Gasteiger partial charge on any atom is -0.341 e. The van der Waals surface area contributed by atoms with E-state index in [0.717, 1.165) is 24.6 Å². The van der Waals surface area contributed by atoms with Gasteiger partial charge in [-0.15, -0.1) is 11.8 Å². The minimum absolute atomic E-state index is 0.0373. The number of benzene rings is 2. The maximum Gasteiger partial charge on any atom is 0.261 e. The summed E-state index contributed by atoms with van der Waals surface area (Å²) in [6, 6.07) is 10.6. The van der Waals surface area contributed by atoms with Gasteiger partial charge in [-0.05, 0) is 50.1 Å². The summed E-state index contributed by atoms with van der Waals surface area (Å²) in [5.41, 5.74) is 1.00. The highest BCUT2D eigenvalue weighted by Gasteiger charge is 2.37. The molecular weight excluding hydrogens is 438 g/mol. The van der Waals surface area contributed by atoms with Crippen LogP contribution in [0.15, 0.2) is 52.3 Å². The molecule has 2 aromatic rings. The zero-order valence-electron chi connectivity index (χ0n) is 16.8. The Morgan fingerprint density at radius 3 is 2.58 bits per heavy atom. The van der Waals surface area contributed by atoms with E-state index in [1.54, 1.807) is 29.2 Å². The topological polar surface area (TPSA) is 113 Å². The summed E-state index contributed by atoms with van der Waals surface area (Å²) in [5, 5.41) is 1.80. The van der Waals surface area contributed by atoms with Crippen molar-refractivity contribution < 1.29 is 22.8 Å². The molecule has 2 amide bonds. The molecule has 1 unspecified atom stereocenters. The fraction of sp³-hybridized carbons (Fsp3) is 0.286. The van der Waals surface area contributed by atoms with Crippen LogP contribution in [-0.4, -0.2) is 49.3 Å².